The van der Waals surface area contributed by atoms with E-state index in [0.717, 1.165) is 4.88 Å². The van der Waals surface area contributed by atoms with E-state index in [1.165, 1.54) is 21.3 Å². The molecule has 0 radical (unpaired) electrons. The summed E-state index contributed by atoms with van der Waals surface area (Å²) >= 11 is 1.39. The third-order valence-electron chi connectivity index (χ3n) is 3.74. The fourth-order valence-corrected chi connectivity index (χ4v) is 3.68. The van der Waals surface area contributed by atoms with E-state index in [4.69, 9.17) is 10.4 Å². The molecular weight excluding hydrogens is 334 g/mol. The summed E-state index contributed by atoms with van der Waals surface area (Å²) in [5.74, 6) is -0.354. The van der Waals surface area contributed by atoms with Gasteiger partial charge in [-0.05, 0) is 5.53 Å². The Morgan fingerprint density at radius 1 is 1.71 bits per heavy atom. The van der Waals surface area contributed by atoms with E-state index >= 15 is 0 Å². The molecule has 3 heterocycles. The van der Waals surface area contributed by atoms with Crippen molar-refractivity contribution in [2.75, 3.05) is 26.2 Å². The molecule has 3 amide bonds. The highest BCUT2D eigenvalue weighted by molar-refractivity contribution is 7.09. The lowest BCUT2D eigenvalue weighted by molar-refractivity contribution is -0.126. The Labute approximate surface area is 141 Å². The summed E-state index contributed by atoms with van der Waals surface area (Å²) < 4.78 is 0. The number of rotatable bonds is 7. The minimum atomic E-state index is -0.807. The minimum Gasteiger partial charge on any atom is -0.354 e. The fourth-order valence-electron chi connectivity index (χ4n) is 2.78. The van der Waals surface area contributed by atoms with E-state index in [2.05, 4.69) is 26.9 Å². The fraction of sp³-hybridized carbons (Fsp3) is 0.462. The molecule has 1 N–H and O–H groups in total. The zero-order valence-corrected chi connectivity index (χ0v) is 13.5. The first-order valence-electron chi connectivity index (χ1n) is 7.24. The second-order valence-electron chi connectivity index (χ2n) is 5.11. The van der Waals surface area contributed by atoms with E-state index in [1.54, 1.807) is 11.6 Å². The Bertz CT molecular complexity index is 714. The molecule has 0 spiro atoms. The molecule has 0 unspecified atom stereocenters. The van der Waals surface area contributed by atoms with E-state index in [0.29, 0.717) is 12.2 Å². The Morgan fingerprint density at radius 3 is 3.29 bits per heavy atom. The highest BCUT2D eigenvalue weighted by Crippen LogP contribution is 2.45. The topological polar surface area (TPSA) is 124 Å². The van der Waals surface area contributed by atoms with Crippen molar-refractivity contribution < 1.29 is 14.4 Å². The van der Waals surface area contributed by atoms with Gasteiger partial charge < -0.3 is 10.2 Å². The summed E-state index contributed by atoms with van der Waals surface area (Å²) in [6.45, 7) is 4.47. The molecule has 10 nitrogen and oxygen atoms in total. The third-order valence-corrected chi connectivity index (χ3v) is 4.68. The predicted octanol–water partition coefficient (Wildman–Crippen LogP) is 1.52. The van der Waals surface area contributed by atoms with Crippen LogP contribution in [0.5, 0.6) is 0 Å². The molecule has 0 saturated carbocycles. The van der Waals surface area contributed by atoms with Crippen LogP contribution in [-0.2, 0) is 9.63 Å². The van der Waals surface area contributed by atoms with Gasteiger partial charge in [-0.1, -0.05) is 11.2 Å². The van der Waals surface area contributed by atoms with Crippen molar-refractivity contribution in [1.29, 1.82) is 0 Å². The van der Waals surface area contributed by atoms with Crippen LogP contribution in [0.25, 0.3) is 10.4 Å². The lowest BCUT2D eigenvalue weighted by atomic mass is 10.0. The molecule has 1 fully saturated rings. The van der Waals surface area contributed by atoms with Crippen molar-refractivity contribution in [2.45, 2.75) is 12.1 Å². The number of hydrogen-bond acceptors (Lipinski definition) is 6. The second-order valence-corrected chi connectivity index (χ2v) is 6.00. The Kier molecular flexibility index (Phi) is 4.65. The molecule has 1 aromatic heterocycles. The van der Waals surface area contributed by atoms with E-state index < -0.39 is 6.04 Å². The molecule has 0 aliphatic carbocycles. The molecular formula is C13H15N7O3S. The van der Waals surface area contributed by atoms with Crippen LogP contribution in [-0.4, -0.2) is 53.1 Å². The standard InChI is InChI=1S/C13H15N7O3S/c1-2-5-23-20-8-6-19(13(20)22)10(9-11(8)24-7-16-9)12(21)15-3-4-17-18-14/h2,7-8,10H,1,3-6H2,(H,15,21)/t8-,10-/m0/s1. The molecule has 3 rings (SSSR count). The van der Waals surface area contributed by atoms with Crippen molar-refractivity contribution in [1.82, 2.24) is 20.3 Å². The van der Waals surface area contributed by atoms with Crippen molar-refractivity contribution in [2.24, 2.45) is 5.11 Å². The first-order chi connectivity index (χ1) is 11.7. The zero-order chi connectivity index (χ0) is 17.1. The second kappa shape index (κ2) is 6.87. The summed E-state index contributed by atoms with van der Waals surface area (Å²) in [6.07, 6.45) is 1.55. The van der Waals surface area contributed by atoms with Gasteiger partial charge in [0.25, 0.3) is 0 Å². The molecule has 2 bridgehead atoms. The quantitative estimate of drug-likeness (QED) is 0.263. The number of hydroxylamine groups is 2. The number of amides is 3. The van der Waals surface area contributed by atoms with Crippen molar-refractivity contribution >= 4 is 23.3 Å². The van der Waals surface area contributed by atoms with Crippen LogP contribution in [0.15, 0.2) is 23.3 Å². The normalized spacial score (nSPS) is 21.2. The molecule has 2 atom stereocenters. The number of carbonyl (C=O) groups is 2. The zero-order valence-electron chi connectivity index (χ0n) is 12.7. The minimum absolute atomic E-state index is 0.143. The van der Waals surface area contributed by atoms with Gasteiger partial charge in [-0.2, -0.15) is 5.06 Å². The van der Waals surface area contributed by atoms with Gasteiger partial charge in [-0.15, -0.1) is 17.9 Å². The molecule has 2 aliphatic rings. The highest BCUT2D eigenvalue weighted by Gasteiger charge is 2.52. The first kappa shape index (κ1) is 16.2. The molecule has 1 aromatic rings. The van der Waals surface area contributed by atoms with Crippen molar-refractivity contribution in [3.63, 3.8) is 0 Å². The molecule has 2 aliphatic heterocycles. The number of hydrogen-bond donors (Lipinski definition) is 1. The lowest BCUT2D eigenvalue weighted by Crippen LogP contribution is -2.44. The van der Waals surface area contributed by atoms with Gasteiger partial charge in [-0.25, -0.2) is 9.78 Å². The molecule has 126 valence electrons. The number of azide groups is 1. The summed E-state index contributed by atoms with van der Waals surface area (Å²) in [7, 11) is 0. The average Bonchev–Trinajstić information content (AvgIpc) is 3.16. The van der Waals surface area contributed by atoms with E-state index in [1.807, 2.05) is 0 Å². The van der Waals surface area contributed by atoms with Gasteiger partial charge in [0.15, 0.2) is 6.04 Å². The van der Waals surface area contributed by atoms with Crippen LogP contribution in [0.4, 0.5) is 4.79 Å². The van der Waals surface area contributed by atoms with Crippen LogP contribution in [0.1, 0.15) is 22.7 Å². The van der Waals surface area contributed by atoms with Gasteiger partial charge in [0.2, 0.25) is 5.91 Å². The van der Waals surface area contributed by atoms with Gasteiger partial charge in [0.05, 0.1) is 29.2 Å². The number of thiazole rings is 1. The monoisotopic (exact) mass is 349 g/mol. The molecule has 0 aromatic carbocycles. The van der Waals surface area contributed by atoms with Gasteiger partial charge >= 0.3 is 6.03 Å². The number of fused-ring (bicyclic) bond motifs is 4. The van der Waals surface area contributed by atoms with Crippen molar-refractivity contribution in [3.05, 3.63) is 39.2 Å². The number of aromatic nitrogens is 1. The summed E-state index contributed by atoms with van der Waals surface area (Å²) in [4.78, 5) is 39.7. The molecule has 24 heavy (non-hydrogen) atoms. The molecule has 11 heteroatoms. The smallest absolute Gasteiger partial charge is 0.345 e. The maximum absolute atomic E-state index is 12.6. The van der Waals surface area contributed by atoms with Crippen LogP contribution < -0.4 is 5.32 Å². The highest BCUT2D eigenvalue weighted by atomic mass is 32.1. The van der Waals surface area contributed by atoms with Gasteiger partial charge in [-0.3, -0.25) is 9.63 Å². The van der Waals surface area contributed by atoms with Gasteiger partial charge in [0.1, 0.15) is 6.04 Å². The van der Waals surface area contributed by atoms with Crippen LogP contribution in [0.2, 0.25) is 0 Å². The predicted molar refractivity (Wildman–Crippen MR) is 84.7 cm³/mol. The third kappa shape index (κ3) is 2.68. The number of carbonyl (C=O) groups excluding carboxylic acids is 2. The van der Waals surface area contributed by atoms with Gasteiger partial charge in [0, 0.05) is 18.0 Å². The number of urea groups is 1. The van der Waals surface area contributed by atoms with Crippen LogP contribution in [0.3, 0.4) is 0 Å². The average molecular weight is 349 g/mol. The number of nitrogens with zero attached hydrogens (tertiary/aromatic N) is 6. The Morgan fingerprint density at radius 2 is 2.54 bits per heavy atom. The Balaban J connectivity index is 1.82. The summed E-state index contributed by atoms with van der Waals surface area (Å²) in [6, 6.07) is -1.45. The summed E-state index contributed by atoms with van der Waals surface area (Å²) in [5, 5.41) is 7.32. The lowest BCUT2D eigenvalue weighted by Gasteiger charge is -2.28. The maximum Gasteiger partial charge on any atom is 0.345 e. The summed E-state index contributed by atoms with van der Waals surface area (Å²) in [5.41, 5.74) is 10.5. The van der Waals surface area contributed by atoms with E-state index in [-0.39, 0.29) is 37.7 Å². The van der Waals surface area contributed by atoms with E-state index in [9.17, 15) is 9.59 Å². The van der Waals surface area contributed by atoms with Crippen molar-refractivity contribution in [3.8, 4) is 0 Å². The SMILES string of the molecule is C=CCON1C(=O)N2C[C@H]1c1scnc1[C@H]2C(=O)NCCN=[N+]=[N-]. The maximum atomic E-state index is 12.6. The van der Waals surface area contributed by atoms with Crippen LogP contribution in [0, 0.1) is 0 Å². The Hall–Kier alpha value is -2.62. The molecule has 1 saturated heterocycles. The first-order valence-corrected chi connectivity index (χ1v) is 8.12. The largest absolute Gasteiger partial charge is 0.354 e. The number of nitrogens with one attached hydrogen (secondary N) is 1. The van der Waals surface area contributed by atoms with Crippen LogP contribution >= 0.6 is 11.3 Å².